The first-order valence-corrected chi connectivity index (χ1v) is 3.26. The number of ether oxygens (including phenoxy) is 1. The first-order chi connectivity index (χ1) is 5.18. The average molecular weight is 182 g/mol. The van der Waals surface area contributed by atoms with Crippen LogP contribution in [-0.2, 0) is 9.53 Å². The van der Waals surface area contributed by atoms with Crippen LogP contribution in [0.15, 0.2) is 12.2 Å². The van der Waals surface area contributed by atoms with E-state index < -0.39 is 5.97 Å². The average Bonchev–Trinajstić information content (AvgIpc) is 1.97. The number of hydrogen-bond donors (Lipinski definition) is 1. The molecule has 0 bridgehead atoms. The van der Waals surface area contributed by atoms with Crippen LogP contribution in [0.25, 0.3) is 0 Å². The van der Waals surface area contributed by atoms with Crippen LogP contribution in [0.1, 0.15) is 6.42 Å². The number of carboxylic acid groups (broad SMARTS) is 1. The summed E-state index contributed by atoms with van der Waals surface area (Å²) in [7, 11) is 0. The minimum Gasteiger partial charge on any atom is -0.545 e. The summed E-state index contributed by atoms with van der Waals surface area (Å²) in [5.74, 6) is -1.30. The van der Waals surface area contributed by atoms with E-state index in [1.165, 1.54) is 0 Å². The Bertz CT molecular complexity index is 146. The van der Waals surface area contributed by atoms with Gasteiger partial charge in [-0.1, -0.05) is 6.58 Å². The van der Waals surface area contributed by atoms with Crippen molar-refractivity contribution in [2.75, 3.05) is 19.8 Å². The fourth-order valence-corrected chi connectivity index (χ4v) is 0.421. The van der Waals surface area contributed by atoms with E-state index in [0.29, 0.717) is 13.0 Å². The molecule has 0 spiro atoms. The summed E-state index contributed by atoms with van der Waals surface area (Å²) in [6.45, 7) is 3.54. The van der Waals surface area contributed by atoms with Gasteiger partial charge in [0.25, 0.3) is 0 Å². The molecule has 4 nitrogen and oxygen atoms in total. The Balaban J connectivity index is 0. The quantitative estimate of drug-likeness (QED) is 0.256. The summed E-state index contributed by atoms with van der Waals surface area (Å²) in [4.78, 5) is 10.0. The smallest absolute Gasteiger partial charge is 0.545 e. The van der Waals surface area contributed by atoms with E-state index in [1.807, 2.05) is 0 Å². The van der Waals surface area contributed by atoms with Crippen molar-refractivity contribution in [2.24, 2.45) is 0 Å². The molecular formula is C7H11NaO4. The molecule has 12 heavy (non-hydrogen) atoms. The molecule has 0 aromatic carbocycles. The summed E-state index contributed by atoms with van der Waals surface area (Å²) >= 11 is 0. The van der Waals surface area contributed by atoms with Crippen molar-refractivity contribution in [1.82, 2.24) is 0 Å². The predicted octanol–water partition coefficient (Wildman–Crippen LogP) is -4.30. The molecule has 1 N–H and O–H groups in total. The minimum atomic E-state index is -1.30. The first-order valence-electron chi connectivity index (χ1n) is 3.26. The third-order valence-electron chi connectivity index (χ3n) is 1.01. The maximum absolute atomic E-state index is 10.0. The number of aliphatic hydroxyl groups excluding tert-OH is 1. The Labute approximate surface area is 93.5 Å². The summed E-state index contributed by atoms with van der Waals surface area (Å²) in [6.07, 6.45) is 0.500. The standard InChI is InChI=1S/C7H12O4.Na/c1-6(7(9)10)5-11-4-2-3-8;/h8H,1-5H2,(H,9,10);/q;+1/p-1. The zero-order chi connectivity index (χ0) is 8.69. The molecule has 0 radical (unpaired) electrons. The van der Waals surface area contributed by atoms with Gasteiger partial charge < -0.3 is 19.7 Å². The van der Waals surface area contributed by atoms with Gasteiger partial charge in [-0.05, 0) is 12.0 Å². The molecule has 0 aliphatic heterocycles. The fraction of sp³-hybridized carbons (Fsp3) is 0.571. The minimum absolute atomic E-state index is 0. The maximum atomic E-state index is 10.0. The van der Waals surface area contributed by atoms with Crippen molar-refractivity contribution in [2.45, 2.75) is 6.42 Å². The number of aliphatic carboxylic acids is 1. The van der Waals surface area contributed by atoms with E-state index in [-0.39, 0.29) is 48.3 Å². The Morgan fingerprint density at radius 2 is 2.17 bits per heavy atom. The van der Waals surface area contributed by atoms with Gasteiger partial charge in [0.05, 0.1) is 12.6 Å². The van der Waals surface area contributed by atoms with E-state index in [1.54, 1.807) is 0 Å². The van der Waals surface area contributed by atoms with E-state index in [2.05, 4.69) is 6.58 Å². The van der Waals surface area contributed by atoms with Crippen LogP contribution >= 0.6 is 0 Å². The van der Waals surface area contributed by atoms with Crippen molar-refractivity contribution in [3.05, 3.63) is 12.2 Å². The number of carbonyl (C=O) groups is 1. The van der Waals surface area contributed by atoms with Gasteiger partial charge in [0, 0.05) is 13.2 Å². The SMILES string of the molecule is C=C(COCCCO)C(=O)[O-].[Na+]. The Morgan fingerprint density at radius 1 is 1.58 bits per heavy atom. The molecule has 0 aromatic heterocycles. The molecule has 0 unspecified atom stereocenters. The van der Waals surface area contributed by atoms with Crippen molar-refractivity contribution in [3.8, 4) is 0 Å². The molecule has 0 atom stereocenters. The van der Waals surface area contributed by atoms with Gasteiger partial charge in [-0.25, -0.2) is 0 Å². The Morgan fingerprint density at radius 3 is 2.58 bits per heavy atom. The summed E-state index contributed by atoms with van der Waals surface area (Å²) in [5.41, 5.74) is -0.0806. The molecule has 64 valence electrons. The van der Waals surface area contributed by atoms with Crippen molar-refractivity contribution >= 4 is 5.97 Å². The number of rotatable bonds is 6. The fourth-order valence-electron chi connectivity index (χ4n) is 0.421. The summed E-state index contributed by atoms with van der Waals surface area (Å²) in [6, 6.07) is 0. The van der Waals surface area contributed by atoms with E-state index in [4.69, 9.17) is 9.84 Å². The molecule has 5 heteroatoms. The molecule has 0 fully saturated rings. The van der Waals surface area contributed by atoms with Crippen LogP contribution in [-0.4, -0.2) is 30.9 Å². The number of hydrogen-bond acceptors (Lipinski definition) is 4. The summed E-state index contributed by atoms with van der Waals surface area (Å²) in [5, 5.41) is 18.3. The molecule has 0 heterocycles. The second kappa shape index (κ2) is 9.22. The van der Waals surface area contributed by atoms with Gasteiger partial charge in [0.1, 0.15) is 0 Å². The topological polar surface area (TPSA) is 69.6 Å². The van der Waals surface area contributed by atoms with Crippen LogP contribution in [0.5, 0.6) is 0 Å². The van der Waals surface area contributed by atoms with Crippen molar-refractivity contribution in [1.29, 1.82) is 0 Å². The molecular weight excluding hydrogens is 171 g/mol. The van der Waals surface area contributed by atoms with Crippen LogP contribution in [0.4, 0.5) is 0 Å². The van der Waals surface area contributed by atoms with Crippen LogP contribution in [0.2, 0.25) is 0 Å². The van der Waals surface area contributed by atoms with E-state index in [9.17, 15) is 9.90 Å². The molecule has 0 amide bonds. The van der Waals surface area contributed by atoms with Gasteiger partial charge in [0.2, 0.25) is 0 Å². The monoisotopic (exact) mass is 182 g/mol. The second-order valence-corrected chi connectivity index (χ2v) is 2.02. The third-order valence-corrected chi connectivity index (χ3v) is 1.01. The Hall–Kier alpha value is 0.130. The van der Waals surface area contributed by atoms with Crippen molar-refractivity contribution in [3.63, 3.8) is 0 Å². The van der Waals surface area contributed by atoms with Crippen LogP contribution < -0.4 is 34.7 Å². The number of carbonyl (C=O) groups excluding carboxylic acids is 1. The van der Waals surface area contributed by atoms with Gasteiger partial charge in [-0.3, -0.25) is 0 Å². The molecule has 0 rings (SSSR count). The number of carboxylic acids is 1. The third kappa shape index (κ3) is 8.23. The molecule has 0 saturated heterocycles. The molecule has 0 aromatic rings. The van der Waals surface area contributed by atoms with Crippen LogP contribution in [0, 0.1) is 0 Å². The second-order valence-electron chi connectivity index (χ2n) is 2.02. The normalized spacial score (nSPS) is 8.75. The molecule has 0 aliphatic rings. The maximum Gasteiger partial charge on any atom is 1.00 e. The summed E-state index contributed by atoms with van der Waals surface area (Å²) < 4.78 is 4.82. The largest absolute Gasteiger partial charge is 1.00 e. The van der Waals surface area contributed by atoms with E-state index >= 15 is 0 Å². The molecule has 0 aliphatic carbocycles. The zero-order valence-corrected chi connectivity index (χ0v) is 9.21. The number of aliphatic hydroxyl groups is 1. The first kappa shape index (κ1) is 14.6. The van der Waals surface area contributed by atoms with Gasteiger partial charge in [-0.15, -0.1) is 0 Å². The van der Waals surface area contributed by atoms with E-state index in [0.717, 1.165) is 0 Å². The van der Waals surface area contributed by atoms with Gasteiger partial charge in [-0.2, -0.15) is 0 Å². The van der Waals surface area contributed by atoms with Crippen molar-refractivity contribution < 1.29 is 49.3 Å². The Kier molecular flexibility index (Phi) is 11.3. The molecule has 0 saturated carbocycles. The van der Waals surface area contributed by atoms with Crippen LogP contribution in [0.3, 0.4) is 0 Å². The van der Waals surface area contributed by atoms with Gasteiger partial charge >= 0.3 is 29.6 Å². The zero-order valence-electron chi connectivity index (χ0n) is 7.21. The predicted molar refractivity (Wildman–Crippen MR) is 36.7 cm³/mol. The van der Waals surface area contributed by atoms with Gasteiger partial charge in [0.15, 0.2) is 0 Å².